The van der Waals surface area contributed by atoms with E-state index >= 15 is 0 Å². The molecule has 19 heavy (non-hydrogen) atoms. The highest BCUT2D eigenvalue weighted by Gasteiger charge is 2.15. The summed E-state index contributed by atoms with van der Waals surface area (Å²) in [6.45, 7) is 2.69. The highest BCUT2D eigenvalue weighted by Crippen LogP contribution is 2.25. The van der Waals surface area contributed by atoms with Gasteiger partial charge in [-0.1, -0.05) is 0 Å². The highest BCUT2D eigenvalue weighted by atomic mass is 16.5. The van der Waals surface area contributed by atoms with E-state index < -0.39 is 0 Å². The molecule has 1 heterocycles. The van der Waals surface area contributed by atoms with Gasteiger partial charge in [-0.3, -0.25) is 0 Å². The van der Waals surface area contributed by atoms with Gasteiger partial charge in [0.1, 0.15) is 0 Å². The number of ether oxygens (including phenoxy) is 1. The molecule has 7 heteroatoms. The molecular weight excluding hydrogens is 244 g/mol. The van der Waals surface area contributed by atoms with Crippen LogP contribution in [0.3, 0.4) is 0 Å². The average Bonchev–Trinajstić information content (AvgIpc) is 2.84. The summed E-state index contributed by atoms with van der Waals surface area (Å²) in [6, 6.07) is 5.45. The Labute approximate surface area is 111 Å². The van der Waals surface area contributed by atoms with E-state index in [0.29, 0.717) is 23.8 Å². The summed E-state index contributed by atoms with van der Waals surface area (Å²) >= 11 is 0. The van der Waals surface area contributed by atoms with Gasteiger partial charge in [0.2, 0.25) is 0 Å². The summed E-state index contributed by atoms with van der Waals surface area (Å²) in [5.41, 5.74) is 13.6. The van der Waals surface area contributed by atoms with E-state index in [4.69, 9.17) is 16.2 Å². The molecule has 1 aromatic carbocycles. The number of hydrogen-bond donors (Lipinski definition) is 2. The van der Waals surface area contributed by atoms with Crippen molar-refractivity contribution >= 4 is 11.4 Å². The van der Waals surface area contributed by atoms with Gasteiger partial charge in [0.15, 0.2) is 5.82 Å². The van der Waals surface area contributed by atoms with Crippen LogP contribution >= 0.6 is 0 Å². The first kappa shape index (κ1) is 13.3. The third kappa shape index (κ3) is 3.00. The van der Waals surface area contributed by atoms with Gasteiger partial charge in [-0.05, 0) is 42.0 Å². The van der Waals surface area contributed by atoms with Crippen LogP contribution in [0.25, 0.3) is 11.4 Å². The second kappa shape index (κ2) is 5.66. The number of nitrogens with zero attached hydrogens (tertiary/aromatic N) is 4. The van der Waals surface area contributed by atoms with Crippen molar-refractivity contribution in [3.63, 3.8) is 0 Å². The topological polar surface area (TPSA) is 105 Å². The maximum absolute atomic E-state index is 5.79. The van der Waals surface area contributed by atoms with E-state index in [2.05, 4.69) is 15.5 Å². The van der Waals surface area contributed by atoms with E-state index in [9.17, 15) is 0 Å². The molecule has 2 aromatic rings. The quantitative estimate of drug-likeness (QED) is 0.782. The monoisotopic (exact) mass is 262 g/mol. The van der Waals surface area contributed by atoms with Crippen molar-refractivity contribution in [1.82, 2.24) is 20.2 Å². The first-order chi connectivity index (χ1) is 9.11. The minimum Gasteiger partial charge on any atom is -0.399 e. The van der Waals surface area contributed by atoms with E-state index in [1.165, 1.54) is 0 Å². The number of tetrazole rings is 1. The molecule has 1 unspecified atom stereocenters. The Kier molecular flexibility index (Phi) is 3.96. The zero-order valence-electron chi connectivity index (χ0n) is 11.1. The molecule has 4 N–H and O–H groups in total. The number of aromatic nitrogens is 4. The summed E-state index contributed by atoms with van der Waals surface area (Å²) in [5, 5.41) is 11.8. The first-order valence-electron chi connectivity index (χ1n) is 6.05. The maximum atomic E-state index is 5.79. The van der Waals surface area contributed by atoms with Crippen LogP contribution in [0.1, 0.15) is 19.4 Å². The van der Waals surface area contributed by atoms with Crippen molar-refractivity contribution in [2.24, 2.45) is 0 Å². The van der Waals surface area contributed by atoms with Crippen LogP contribution in [0.2, 0.25) is 0 Å². The molecule has 0 aliphatic heterocycles. The largest absolute Gasteiger partial charge is 0.399 e. The molecule has 1 atom stereocenters. The molecular formula is C12H18N6O. The molecule has 0 bridgehead atoms. The second-order valence-electron chi connectivity index (χ2n) is 4.47. The third-order valence-electron chi connectivity index (χ3n) is 2.89. The molecule has 0 fully saturated rings. The molecule has 0 saturated heterocycles. The molecule has 0 amide bonds. The highest BCUT2D eigenvalue weighted by molar-refractivity contribution is 5.67. The lowest BCUT2D eigenvalue weighted by Crippen LogP contribution is -2.11. The maximum Gasteiger partial charge on any atom is 0.182 e. The number of anilines is 2. The predicted molar refractivity (Wildman–Crippen MR) is 73.3 cm³/mol. The summed E-state index contributed by atoms with van der Waals surface area (Å²) in [4.78, 5) is 0. The van der Waals surface area contributed by atoms with Crippen molar-refractivity contribution in [2.75, 3.05) is 25.2 Å². The fourth-order valence-electron chi connectivity index (χ4n) is 1.90. The normalized spacial score (nSPS) is 12.5. The molecule has 1 aromatic heterocycles. The minimum absolute atomic E-state index is 0.132. The zero-order valence-corrected chi connectivity index (χ0v) is 11.1. The zero-order chi connectivity index (χ0) is 13.8. The molecule has 0 spiro atoms. The van der Waals surface area contributed by atoms with Crippen LogP contribution in [-0.2, 0) is 4.74 Å². The van der Waals surface area contributed by atoms with E-state index in [1.54, 1.807) is 17.9 Å². The van der Waals surface area contributed by atoms with Crippen molar-refractivity contribution in [2.45, 2.75) is 19.4 Å². The predicted octanol–water partition coefficient (Wildman–Crippen LogP) is 1.10. The van der Waals surface area contributed by atoms with Crippen LogP contribution in [0, 0.1) is 0 Å². The number of methoxy groups -OCH3 is 1. The van der Waals surface area contributed by atoms with E-state index in [-0.39, 0.29) is 6.04 Å². The summed E-state index contributed by atoms with van der Waals surface area (Å²) in [5.74, 6) is 0.655. The lowest BCUT2D eigenvalue weighted by atomic mass is 10.1. The van der Waals surface area contributed by atoms with Crippen molar-refractivity contribution in [1.29, 1.82) is 0 Å². The number of nitrogens with two attached hydrogens (primary N) is 2. The van der Waals surface area contributed by atoms with Gasteiger partial charge in [0, 0.05) is 30.7 Å². The van der Waals surface area contributed by atoms with Gasteiger partial charge >= 0.3 is 0 Å². The molecule has 0 aliphatic carbocycles. The van der Waals surface area contributed by atoms with Crippen LogP contribution in [0.15, 0.2) is 18.2 Å². The van der Waals surface area contributed by atoms with Crippen molar-refractivity contribution in [3.05, 3.63) is 18.2 Å². The van der Waals surface area contributed by atoms with Crippen molar-refractivity contribution < 1.29 is 4.74 Å². The Balaban J connectivity index is 2.32. The molecule has 0 saturated carbocycles. The van der Waals surface area contributed by atoms with Gasteiger partial charge in [-0.15, -0.1) is 5.10 Å². The number of rotatable bonds is 5. The Morgan fingerprint density at radius 1 is 1.26 bits per heavy atom. The average molecular weight is 262 g/mol. The van der Waals surface area contributed by atoms with Crippen LogP contribution in [-0.4, -0.2) is 33.9 Å². The van der Waals surface area contributed by atoms with Crippen molar-refractivity contribution in [3.8, 4) is 11.4 Å². The molecule has 0 aliphatic rings. The molecule has 2 rings (SSSR count). The first-order valence-corrected chi connectivity index (χ1v) is 6.05. The number of nitrogen functional groups attached to an aromatic ring is 2. The van der Waals surface area contributed by atoms with E-state index in [1.807, 2.05) is 19.1 Å². The number of hydrogen-bond acceptors (Lipinski definition) is 6. The summed E-state index contributed by atoms with van der Waals surface area (Å²) in [7, 11) is 1.67. The summed E-state index contributed by atoms with van der Waals surface area (Å²) in [6.07, 6.45) is 0.826. The third-order valence-corrected chi connectivity index (χ3v) is 2.89. The fraction of sp³-hybridized carbons (Fsp3) is 0.417. The van der Waals surface area contributed by atoms with Crippen LogP contribution in [0.4, 0.5) is 11.4 Å². The Bertz CT molecular complexity index is 533. The Morgan fingerprint density at radius 3 is 2.58 bits per heavy atom. The lowest BCUT2D eigenvalue weighted by molar-refractivity contribution is 0.178. The van der Waals surface area contributed by atoms with Gasteiger partial charge in [-0.25, -0.2) is 4.68 Å². The Hall–Kier alpha value is -2.15. The van der Waals surface area contributed by atoms with Gasteiger partial charge < -0.3 is 16.2 Å². The summed E-state index contributed by atoms with van der Waals surface area (Å²) < 4.78 is 6.83. The smallest absolute Gasteiger partial charge is 0.182 e. The lowest BCUT2D eigenvalue weighted by Gasteiger charge is -2.13. The SMILES string of the molecule is COCCC(C)n1nnnc1-c1cc(N)cc(N)c1. The molecule has 102 valence electrons. The number of benzene rings is 1. The minimum atomic E-state index is 0.132. The standard InChI is InChI=1S/C12H18N6O/c1-8(3-4-19-2)18-12(15-16-17-18)9-5-10(13)7-11(14)6-9/h5-8H,3-4,13-14H2,1-2H3. The molecule has 7 nitrogen and oxygen atoms in total. The molecule has 0 radical (unpaired) electrons. The van der Waals surface area contributed by atoms with Crippen LogP contribution in [0.5, 0.6) is 0 Å². The Morgan fingerprint density at radius 2 is 1.95 bits per heavy atom. The second-order valence-corrected chi connectivity index (χ2v) is 4.47. The van der Waals surface area contributed by atoms with Gasteiger partial charge in [0.05, 0.1) is 6.04 Å². The van der Waals surface area contributed by atoms with Crippen LogP contribution < -0.4 is 11.5 Å². The van der Waals surface area contributed by atoms with Gasteiger partial charge in [0.25, 0.3) is 0 Å². The van der Waals surface area contributed by atoms with Gasteiger partial charge in [-0.2, -0.15) is 0 Å². The fourth-order valence-corrected chi connectivity index (χ4v) is 1.90. The van der Waals surface area contributed by atoms with E-state index in [0.717, 1.165) is 12.0 Å².